The third kappa shape index (κ3) is 2.12. The van der Waals surface area contributed by atoms with E-state index in [0.29, 0.717) is 11.4 Å². The minimum Gasteiger partial charge on any atom is -0.237 e. The fourth-order valence-corrected chi connectivity index (χ4v) is 1.98. The van der Waals surface area contributed by atoms with Gasteiger partial charge in [-0.05, 0) is 38.0 Å². The number of halogens is 3. The average Bonchev–Trinajstić information content (AvgIpc) is 2.60. The van der Waals surface area contributed by atoms with Gasteiger partial charge in [-0.3, -0.25) is 0 Å². The van der Waals surface area contributed by atoms with Crippen molar-refractivity contribution in [2.24, 2.45) is 0 Å². The molecule has 0 amide bonds. The number of hydrogen-bond acceptors (Lipinski definition) is 1. The fourth-order valence-electron chi connectivity index (χ4n) is 1.98. The van der Waals surface area contributed by atoms with Crippen molar-refractivity contribution < 1.29 is 13.2 Å². The van der Waals surface area contributed by atoms with E-state index in [0.717, 1.165) is 17.2 Å². The molecule has 96 valence electrons. The van der Waals surface area contributed by atoms with Crippen molar-refractivity contribution in [2.45, 2.75) is 26.9 Å². The molecule has 0 aliphatic carbocycles. The Morgan fingerprint density at radius 3 is 2.06 bits per heavy atom. The highest BCUT2D eigenvalue weighted by molar-refractivity contribution is 5.47. The summed E-state index contributed by atoms with van der Waals surface area (Å²) in [5, 5.41) is 3.66. The number of hydrogen-bond donors (Lipinski definition) is 0. The number of aromatic nitrogens is 2. The van der Waals surface area contributed by atoms with Gasteiger partial charge in [-0.15, -0.1) is 0 Å². The highest BCUT2D eigenvalue weighted by Crippen LogP contribution is 2.30. The summed E-state index contributed by atoms with van der Waals surface area (Å²) in [6.45, 7) is 5.33. The molecule has 1 heterocycles. The van der Waals surface area contributed by atoms with Crippen molar-refractivity contribution in [3.63, 3.8) is 0 Å². The Kier molecular flexibility index (Phi) is 2.92. The Morgan fingerprint density at radius 1 is 1.06 bits per heavy atom. The molecule has 0 unspecified atom stereocenters. The maximum absolute atomic E-state index is 12.6. The highest BCUT2D eigenvalue weighted by Gasteiger charge is 2.34. The molecular formula is C13H13F3N2. The summed E-state index contributed by atoms with van der Waals surface area (Å²) in [5.74, 6) is 0. The molecule has 0 bridgehead atoms. The van der Waals surface area contributed by atoms with Crippen LogP contribution in [0.3, 0.4) is 0 Å². The summed E-state index contributed by atoms with van der Waals surface area (Å²) in [6.07, 6.45) is -4.41. The average molecular weight is 254 g/mol. The normalized spacial score (nSPS) is 11.9. The molecule has 0 atom stereocenters. The molecular weight excluding hydrogens is 241 g/mol. The van der Waals surface area contributed by atoms with E-state index in [9.17, 15) is 13.2 Å². The van der Waals surface area contributed by atoms with Gasteiger partial charge < -0.3 is 0 Å². The number of aryl methyl sites for hydroxylation is 3. The molecule has 0 radical (unpaired) electrons. The molecule has 0 saturated carbocycles. The van der Waals surface area contributed by atoms with Gasteiger partial charge in [0.1, 0.15) is 0 Å². The minimum absolute atomic E-state index is 0.472. The summed E-state index contributed by atoms with van der Waals surface area (Å²) >= 11 is 0. The fraction of sp³-hybridized carbons (Fsp3) is 0.308. The SMILES string of the molecule is Cc1cccc(C)c1-n1nc(C(F)(F)F)cc1C. The monoisotopic (exact) mass is 254 g/mol. The standard InChI is InChI=1S/C13H13F3N2/c1-8-5-4-6-9(2)12(8)18-10(3)7-11(17-18)13(14,15)16/h4-7H,1-3H3. The van der Waals surface area contributed by atoms with Crippen LogP contribution in [0, 0.1) is 20.8 Å². The van der Waals surface area contributed by atoms with Crippen molar-refractivity contribution >= 4 is 0 Å². The Hall–Kier alpha value is -1.78. The minimum atomic E-state index is -4.41. The summed E-state index contributed by atoms with van der Waals surface area (Å²) in [7, 11) is 0. The van der Waals surface area contributed by atoms with Crippen molar-refractivity contribution in [3.8, 4) is 5.69 Å². The first kappa shape index (κ1) is 12.7. The van der Waals surface area contributed by atoms with Crippen molar-refractivity contribution in [1.29, 1.82) is 0 Å². The second-order valence-corrected chi connectivity index (χ2v) is 4.32. The lowest BCUT2D eigenvalue weighted by atomic mass is 10.1. The predicted molar refractivity (Wildman–Crippen MR) is 62.8 cm³/mol. The van der Waals surface area contributed by atoms with Gasteiger partial charge in [0.2, 0.25) is 0 Å². The van der Waals surface area contributed by atoms with E-state index >= 15 is 0 Å². The van der Waals surface area contributed by atoms with Crippen LogP contribution in [0.2, 0.25) is 0 Å². The van der Waals surface area contributed by atoms with Crippen LogP contribution in [0.15, 0.2) is 24.3 Å². The molecule has 0 saturated heterocycles. The van der Waals surface area contributed by atoms with Gasteiger partial charge in [0.15, 0.2) is 5.69 Å². The largest absolute Gasteiger partial charge is 0.435 e. The van der Waals surface area contributed by atoms with Crippen LogP contribution in [0.1, 0.15) is 22.5 Å². The maximum Gasteiger partial charge on any atom is 0.435 e. The number of para-hydroxylation sites is 1. The van der Waals surface area contributed by atoms with Crippen LogP contribution in [0.4, 0.5) is 13.2 Å². The molecule has 0 N–H and O–H groups in total. The first-order valence-electron chi connectivity index (χ1n) is 5.51. The van der Waals surface area contributed by atoms with Crippen LogP contribution in [-0.2, 0) is 6.18 Å². The third-order valence-corrected chi connectivity index (χ3v) is 2.83. The van der Waals surface area contributed by atoms with Crippen molar-refractivity contribution in [1.82, 2.24) is 9.78 Å². The zero-order valence-electron chi connectivity index (χ0n) is 10.3. The summed E-state index contributed by atoms with van der Waals surface area (Å²) in [5.41, 5.74) is 2.12. The third-order valence-electron chi connectivity index (χ3n) is 2.83. The molecule has 18 heavy (non-hydrogen) atoms. The van der Waals surface area contributed by atoms with Crippen LogP contribution in [0.25, 0.3) is 5.69 Å². The van der Waals surface area contributed by atoms with E-state index in [1.54, 1.807) is 6.92 Å². The molecule has 1 aromatic heterocycles. The predicted octanol–water partition coefficient (Wildman–Crippen LogP) is 3.82. The van der Waals surface area contributed by atoms with Gasteiger partial charge in [0.25, 0.3) is 0 Å². The first-order valence-corrected chi connectivity index (χ1v) is 5.51. The molecule has 0 aliphatic heterocycles. The summed E-state index contributed by atoms with van der Waals surface area (Å²) in [4.78, 5) is 0. The number of alkyl halides is 3. The molecule has 0 spiro atoms. The van der Waals surface area contributed by atoms with Crippen LogP contribution in [0.5, 0.6) is 0 Å². The smallest absolute Gasteiger partial charge is 0.237 e. The molecule has 2 rings (SSSR count). The van der Waals surface area contributed by atoms with Crippen LogP contribution < -0.4 is 0 Å². The van der Waals surface area contributed by atoms with E-state index in [1.165, 1.54) is 4.68 Å². The van der Waals surface area contributed by atoms with Gasteiger partial charge in [-0.2, -0.15) is 18.3 Å². The van der Waals surface area contributed by atoms with Gasteiger partial charge in [0.05, 0.1) is 5.69 Å². The summed E-state index contributed by atoms with van der Waals surface area (Å²) in [6, 6.07) is 6.65. The number of rotatable bonds is 1. The second-order valence-electron chi connectivity index (χ2n) is 4.32. The van der Waals surface area contributed by atoms with Gasteiger partial charge in [-0.25, -0.2) is 4.68 Å². The second kappa shape index (κ2) is 4.15. The highest BCUT2D eigenvalue weighted by atomic mass is 19.4. The topological polar surface area (TPSA) is 17.8 Å². The molecule has 2 nitrogen and oxygen atoms in total. The summed E-state index contributed by atoms with van der Waals surface area (Å²) < 4.78 is 39.2. The van der Waals surface area contributed by atoms with Gasteiger partial charge >= 0.3 is 6.18 Å². The Balaban J connectivity index is 2.62. The van der Waals surface area contributed by atoms with E-state index in [1.807, 2.05) is 32.0 Å². The Labute approximate surface area is 103 Å². The van der Waals surface area contributed by atoms with E-state index < -0.39 is 11.9 Å². The van der Waals surface area contributed by atoms with Gasteiger partial charge in [-0.1, -0.05) is 18.2 Å². The molecule has 0 fully saturated rings. The zero-order valence-corrected chi connectivity index (χ0v) is 10.3. The lowest BCUT2D eigenvalue weighted by molar-refractivity contribution is -0.141. The Bertz CT molecular complexity index is 562. The maximum atomic E-state index is 12.6. The molecule has 0 aliphatic rings. The molecule has 1 aromatic carbocycles. The number of benzene rings is 1. The van der Waals surface area contributed by atoms with Crippen molar-refractivity contribution in [2.75, 3.05) is 0 Å². The van der Waals surface area contributed by atoms with Gasteiger partial charge in [0, 0.05) is 5.69 Å². The van der Waals surface area contributed by atoms with Crippen LogP contribution >= 0.6 is 0 Å². The van der Waals surface area contributed by atoms with Crippen molar-refractivity contribution in [3.05, 3.63) is 46.8 Å². The molecule has 5 heteroatoms. The van der Waals surface area contributed by atoms with Crippen LogP contribution in [-0.4, -0.2) is 9.78 Å². The lowest BCUT2D eigenvalue weighted by Crippen LogP contribution is -2.08. The zero-order chi connectivity index (χ0) is 13.5. The quantitative estimate of drug-likeness (QED) is 0.756. The Morgan fingerprint density at radius 2 is 1.61 bits per heavy atom. The van der Waals surface area contributed by atoms with E-state index in [4.69, 9.17) is 0 Å². The van der Waals surface area contributed by atoms with E-state index in [-0.39, 0.29) is 0 Å². The van der Waals surface area contributed by atoms with E-state index in [2.05, 4.69) is 5.10 Å². The molecule has 2 aromatic rings. The first-order chi connectivity index (χ1) is 8.30. The lowest BCUT2D eigenvalue weighted by Gasteiger charge is -2.11. The number of nitrogens with zero attached hydrogens (tertiary/aromatic N) is 2.